The van der Waals surface area contributed by atoms with Crippen LogP contribution >= 0.6 is 0 Å². The van der Waals surface area contributed by atoms with E-state index in [2.05, 4.69) is 11.4 Å². The van der Waals surface area contributed by atoms with E-state index in [-0.39, 0.29) is 12.5 Å². The highest BCUT2D eigenvalue weighted by Crippen LogP contribution is 2.32. The molecule has 1 aromatic carbocycles. The molecule has 1 atom stereocenters. The molecule has 1 aliphatic heterocycles. The van der Waals surface area contributed by atoms with Crippen LogP contribution in [0.5, 0.6) is 5.75 Å². The van der Waals surface area contributed by atoms with Gasteiger partial charge in [-0.15, -0.1) is 0 Å². The Kier molecular flexibility index (Phi) is 3.15. The van der Waals surface area contributed by atoms with Crippen molar-refractivity contribution in [2.75, 3.05) is 25.0 Å². The highest BCUT2D eigenvalue weighted by Gasteiger charge is 2.29. The number of ether oxygens (including phenoxy) is 1. The molecule has 1 aromatic rings. The summed E-state index contributed by atoms with van der Waals surface area (Å²) in [5.74, 6) is 0.463. The van der Waals surface area contributed by atoms with Crippen LogP contribution in [-0.2, 0) is 4.79 Å². The van der Waals surface area contributed by atoms with Gasteiger partial charge in [0.2, 0.25) is 0 Å². The Morgan fingerprint density at radius 3 is 3.12 bits per heavy atom. The van der Waals surface area contributed by atoms with Crippen LogP contribution in [0, 0.1) is 11.3 Å². The van der Waals surface area contributed by atoms with Crippen LogP contribution in [0.25, 0.3) is 0 Å². The van der Waals surface area contributed by atoms with Crippen molar-refractivity contribution in [3.63, 3.8) is 0 Å². The number of nitrogens with zero attached hydrogens (tertiary/aromatic N) is 2. The molecular weight excluding hydrogens is 218 g/mol. The van der Waals surface area contributed by atoms with Crippen molar-refractivity contribution in [1.29, 1.82) is 5.26 Å². The Morgan fingerprint density at radius 2 is 2.41 bits per heavy atom. The lowest BCUT2D eigenvalue weighted by molar-refractivity contribution is -0.127. The quantitative estimate of drug-likeness (QED) is 0.754. The average molecular weight is 231 g/mol. The smallest absolute Gasteiger partial charge is 0.262 e. The van der Waals surface area contributed by atoms with Gasteiger partial charge in [-0.25, -0.2) is 0 Å². The van der Waals surface area contributed by atoms with Gasteiger partial charge in [-0.3, -0.25) is 4.79 Å². The van der Waals surface area contributed by atoms with Crippen molar-refractivity contribution in [3.05, 3.63) is 24.3 Å². The summed E-state index contributed by atoms with van der Waals surface area (Å²) in [7, 11) is 1.57. The first-order chi connectivity index (χ1) is 8.26. The standard InChI is InChI=1S/C12H13N3O2/c1-14-12(16)11-8-15(7-6-13)9-4-2-3-5-10(9)17-11/h2-5,11H,7-8H2,1H3,(H,14,16). The average Bonchev–Trinajstić information content (AvgIpc) is 2.38. The predicted molar refractivity (Wildman–Crippen MR) is 62.8 cm³/mol. The number of nitrogens with one attached hydrogen (secondary N) is 1. The van der Waals surface area contributed by atoms with Crippen molar-refractivity contribution in [3.8, 4) is 11.8 Å². The Labute approximate surface area is 99.6 Å². The summed E-state index contributed by atoms with van der Waals surface area (Å²) in [6.07, 6.45) is -0.566. The van der Waals surface area contributed by atoms with Crippen LogP contribution in [0.3, 0.4) is 0 Å². The van der Waals surface area contributed by atoms with Gasteiger partial charge in [0.25, 0.3) is 5.91 Å². The molecule has 2 rings (SSSR count). The van der Waals surface area contributed by atoms with E-state index in [0.29, 0.717) is 12.3 Å². The van der Waals surface area contributed by atoms with Gasteiger partial charge in [0.1, 0.15) is 12.3 Å². The Bertz CT molecular complexity index is 467. The first-order valence-electron chi connectivity index (χ1n) is 5.35. The lowest BCUT2D eigenvalue weighted by atomic mass is 10.2. The second-order valence-electron chi connectivity index (χ2n) is 3.73. The van der Waals surface area contributed by atoms with Gasteiger partial charge >= 0.3 is 0 Å². The molecule has 0 bridgehead atoms. The minimum absolute atomic E-state index is 0.178. The molecule has 1 unspecified atom stereocenters. The molecule has 0 radical (unpaired) electrons. The maximum absolute atomic E-state index is 11.6. The zero-order chi connectivity index (χ0) is 12.3. The summed E-state index contributed by atoms with van der Waals surface area (Å²) in [4.78, 5) is 13.4. The van der Waals surface area contributed by atoms with Gasteiger partial charge in [-0.2, -0.15) is 5.26 Å². The second kappa shape index (κ2) is 4.74. The van der Waals surface area contributed by atoms with E-state index < -0.39 is 6.10 Å². The molecule has 0 saturated heterocycles. The Hall–Kier alpha value is -2.22. The molecule has 0 fully saturated rings. The molecule has 17 heavy (non-hydrogen) atoms. The minimum Gasteiger partial charge on any atom is -0.477 e. The number of amides is 1. The summed E-state index contributed by atoms with van der Waals surface area (Å²) in [5, 5.41) is 11.3. The van der Waals surface area contributed by atoms with Gasteiger partial charge in [0.15, 0.2) is 6.10 Å². The number of likely N-dealkylation sites (N-methyl/N-ethyl adjacent to an activating group) is 1. The van der Waals surface area contributed by atoms with Crippen LogP contribution in [0.15, 0.2) is 24.3 Å². The van der Waals surface area contributed by atoms with Gasteiger partial charge < -0.3 is 15.0 Å². The SMILES string of the molecule is CNC(=O)C1CN(CC#N)c2ccccc2O1. The molecule has 5 nitrogen and oxygen atoms in total. The van der Waals surface area contributed by atoms with Crippen molar-refractivity contribution in [1.82, 2.24) is 5.32 Å². The lowest BCUT2D eigenvalue weighted by Gasteiger charge is -2.33. The maximum atomic E-state index is 11.6. The molecule has 1 aliphatic rings. The number of hydrogen-bond donors (Lipinski definition) is 1. The molecule has 0 saturated carbocycles. The first kappa shape index (κ1) is 11.3. The first-order valence-corrected chi connectivity index (χ1v) is 5.35. The van der Waals surface area contributed by atoms with Crippen molar-refractivity contribution in [2.24, 2.45) is 0 Å². The maximum Gasteiger partial charge on any atom is 0.262 e. The summed E-state index contributed by atoms with van der Waals surface area (Å²) in [6, 6.07) is 9.50. The largest absolute Gasteiger partial charge is 0.477 e. The molecule has 1 amide bonds. The van der Waals surface area contributed by atoms with E-state index in [1.54, 1.807) is 13.1 Å². The minimum atomic E-state index is -0.566. The molecule has 0 aromatic heterocycles. The van der Waals surface area contributed by atoms with Crippen LogP contribution in [0.2, 0.25) is 0 Å². The molecular formula is C12H13N3O2. The predicted octanol–water partition coefficient (Wildman–Crippen LogP) is 0.524. The highest BCUT2D eigenvalue weighted by atomic mass is 16.5. The normalized spacial score (nSPS) is 17.6. The molecule has 5 heteroatoms. The van der Waals surface area contributed by atoms with Crippen molar-refractivity contribution >= 4 is 11.6 Å². The van der Waals surface area contributed by atoms with Crippen molar-refractivity contribution < 1.29 is 9.53 Å². The number of carbonyl (C=O) groups is 1. The highest BCUT2D eigenvalue weighted by molar-refractivity contribution is 5.83. The fourth-order valence-corrected chi connectivity index (χ4v) is 1.84. The van der Waals surface area contributed by atoms with Gasteiger partial charge in [0, 0.05) is 7.05 Å². The summed E-state index contributed by atoms with van der Waals surface area (Å²) in [5.41, 5.74) is 0.856. The van der Waals surface area contributed by atoms with E-state index in [9.17, 15) is 4.79 Å². The summed E-state index contributed by atoms with van der Waals surface area (Å²) >= 11 is 0. The van der Waals surface area contributed by atoms with E-state index >= 15 is 0 Å². The van der Waals surface area contributed by atoms with Gasteiger partial charge in [0.05, 0.1) is 18.3 Å². The Balaban J connectivity index is 2.29. The fraction of sp³-hybridized carbons (Fsp3) is 0.333. The molecule has 1 N–H and O–H groups in total. The van der Waals surface area contributed by atoms with E-state index in [1.165, 1.54) is 0 Å². The Morgan fingerprint density at radius 1 is 1.65 bits per heavy atom. The fourth-order valence-electron chi connectivity index (χ4n) is 1.84. The van der Waals surface area contributed by atoms with Crippen LogP contribution in [0.1, 0.15) is 0 Å². The zero-order valence-electron chi connectivity index (χ0n) is 9.51. The third kappa shape index (κ3) is 2.16. The topological polar surface area (TPSA) is 65.4 Å². The lowest BCUT2D eigenvalue weighted by Crippen LogP contribution is -2.48. The number of nitriles is 1. The molecule has 88 valence electrons. The second-order valence-corrected chi connectivity index (χ2v) is 3.73. The van der Waals surface area contributed by atoms with Crippen LogP contribution in [-0.4, -0.2) is 32.1 Å². The van der Waals surface area contributed by atoms with Gasteiger partial charge in [-0.1, -0.05) is 12.1 Å². The number of para-hydroxylation sites is 2. The van der Waals surface area contributed by atoms with Crippen molar-refractivity contribution in [2.45, 2.75) is 6.10 Å². The number of hydrogen-bond acceptors (Lipinski definition) is 4. The number of carbonyl (C=O) groups excluding carboxylic acids is 1. The summed E-state index contributed by atoms with van der Waals surface area (Å²) in [6.45, 7) is 0.637. The van der Waals surface area contributed by atoms with E-state index in [0.717, 1.165) is 5.69 Å². The third-order valence-electron chi connectivity index (χ3n) is 2.66. The molecule has 1 heterocycles. The summed E-state index contributed by atoms with van der Waals surface area (Å²) < 4.78 is 5.60. The van der Waals surface area contributed by atoms with E-state index in [1.807, 2.05) is 23.1 Å². The number of anilines is 1. The molecule has 0 spiro atoms. The molecule has 0 aliphatic carbocycles. The number of fused-ring (bicyclic) bond motifs is 1. The van der Waals surface area contributed by atoms with E-state index in [4.69, 9.17) is 10.00 Å². The van der Waals surface area contributed by atoms with Gasteiger partial charge in [-0.05, 0) is 12.1 Å². The number of benzene rings is 1. The zero-order valence-corrected chi connectivity index (χ0v) is 9.51. The number of rotatable bonds is 2. The van der Waals surface area contributed by atoms with Crippen LogP contribution < -0.4 is 15.0 Å². The van der Waals surface area contributed by atoms with Crippen LogP contribution in [0.4, 0.5) is 5.69 Å². The monoisotopic (exact) mass is 231 g/mol. The third-order valence-corrected chi connectivity index (χ3v) is 2.66.